The summed E-state index contributed by atoms with van der Waals surface area (Å²) < 4.78 is 17.8. The lowest BCUT2D eigenvalue weighted by molar-refractivity contribution is -0.132. The summed E-state index contributed by atoms with van der Waals surface area (Å²) >= 11 is 0. The Labute approximate surface area is 165 Å². The van der Waals surface area contributed by atoms with Gasteiger partial charge in [-0.2, -0.15) is 0 Å². The van der Waals surface area contributed by atoms with E-state index < -0.39 is 5.60 Å². The molecular formula is C23H26O5. The van der Waals surface area contributed by atoms with Crippen molar-refractivity contribution in [2.45, 2.75) is 53.1 Å². The minimum absolute atomic E-state index is 0.318. The van der Waals surface area contributed by atoms with E-state index in [-0.39, 0.29) is 5.97 Å². The summed E-state index contributed by atoms with van der Waals surface area (Å²) in [5, 5.41) is 0. The van der Waals surface area contributed by atoms with Crippen LogP contribution in [0.5, 0.6) is 17.2 Å². The van der Waals surface area contributed by atoms with Crippen molar-refractivity contribution in [3.63, 3.8) is 0 Å². The predicted octanol–water partition coefficient (Wildman–Crippen LogP) is 4.51. The van der Waals surface area contributed by atoms with Gasteiger partial charge < -0.3 is 14.2 Å². The second-order valence-electron chi connectivity index (χ2n) is 7.63. The summed E-state index contributed by atoms with van der Waals surface area (Å²) in [5.41, 5.74) is 4.10. The molecule has 0 aliphatic carbocycles. The fraction of sp³-hybridized carbons (Fsp3) is 0.391. The maximum Gasteiger partial charge on any atom is 0.308 e. The van der Waals surface area contributed by atoms with Crippen molar-refractivity contribution in [3.05, 3.63) is 52.1 Å². The standard InChI is InChI=1S/C23H26O5/c1-14-15(2)22-20(16(3)21(14)27-17(4)25)10-11-23(5,28-22)13-26-19-8-6-18(12-24)7-9-19/h6-9,12H,10-11,13H2,1-5H3. The van der Waals surface area contributed by atoms with Gasteiger partial charge >= 0.3 is 5.97 Å². The average Bonchev–Trinajstić information content (AvgIpc) is 2.68. The van der Waals surface area contributed by atoms with Gasteiger partial charge in [-0.05, 0) is 81.5 Å². The van der Waals surface area contributed by atoms with Crippen LogP contribution in [-0.2, 0) is 11.2 Å². The molecule has 2 aromatic carbocycles. The van der Waals surface area contributed by atoms with Crippen LogP contribution < -0.4 is 14.2 Å². The molecule has 3 rings (SSSR count). The van der Waals surface area contributed by atoms with Crippen LogP contribution in [0.15, 0.2) is 24.3 Å². The Hall–Kier alpha value is -2.82. The Morgan fingerprint density at radius 2 is 1.82 bits per heavy atom. The number of ether oxygens (including phenoxy) is 3. The van der Waals surface area contributed by atoms with Crippen LogP contribution in [0.4, 0.5) is 0 Å². The third-order valence-electron chi connectivity index (χ3n) is 5.37. The highest BCUT2D eigenvalue weighted by atomic mass is 16.5. The highest BCUT2D eigenvalue weighted by Gasteiger charge is 2.35. The Kier molecular flexibility index (Phi) is 5.45. The highest BCUT2D eigenvalue weighted by Crippen LogP contribution is 2.43. The molecule has 0 radical (unpaired) electrons. The third kappa shape index (κ3) is 3.88. The summed E-state index contributed by atoms with van der Waals surface area (Å²) in [7, 11) is 0. The van der Waals surface area contributed by atoms with Gasteiger partial charge in [0, 0.05) is 18.1 Å². The lowest BCUT2D eigenvalue weighted by Gasteiger charge is -2.37. The zero-order valence-corrected chi connectivity index (χ0v) is 17.0. The first-order valence-corrected chi connectivity index (χ1v) is 9.42. The second-order valence-corrected chi connectivity index (χ2v) is 7.63. The molecule has 0 bridgehead atoms. The van der Waals surface area contributed by atoms with E-state index in [2.05, 4.69) is 0 Å². The molecule has 148 valence electrons. The van der Waals surface area contributed by atoms with Gasteiger partial charge in [-0.1, -0.05) is 0 Å². The van der Waals surface area contributed by atoms with Crippen molar-refractivity contribution < 1.29 is 23.8 Å². The summed E-state index contributed by atoms with van der Waals surface area (Å²) in [6, 6.07) is 7.04. The molecule has 1 aliphatic heterocycles. The summed E-state index contributed by atoms with van der Waals surface area (Å²) in [5.74, 6) is 1.89. The normalized spacial score (nSPS) is 18.0. The van der Waals surface area contributed by atoms with E-state index in [9.17, 15) is 9.59 Å². The van der Waals surface area contributed by atoms with Crippen LogP contribution in [0.25, 0.3) is 0 Å². The summed E-state index contributed by atoms with van der Waals surface area (Å²) in [6.45, 7) is 9.77. The predicted molar refractivity (Wildman–Crippen MR) is 107 cm³/mol. The van der Waals surface area contributed by atoms with Crippen LogP contribution in [0.3, 0.4) is 0 Å². The van der Waals surface area contributed by atoms with Gasteiger partial charge in [0.05, 0.1) is 0 Å². The van der Waals surface area contributed by atoms with Crippen LogP contribution in [0.2, 0.25) is 0 Å². The van der Waals surface area contributed by atoms with Crippen molar-refractivity contribution in [2.24, 2.45) is 0 Å². The van der Waals surface area contributed by atoms with Crippen molar-refractivity contribution in [1.29, 1.82) is 0 Å². The number of esters is 1. The highest BCUT2D eigenvalue weighted by molar-refractivity contribution is 5.74. The number of rotatable bonds is 5. The number of carbonyl (C=O) groups is 2. The largest absolute Gasteiger partial charge is 0.489 e. The molecule has 1 aliphatic rings. The maximum atomic E-state index is 11.5. The molecule has 0 N–H and O–H groups in total. The second kappa shape index (κ2) is 7.66. The minimum Gasteiger partial charge on any atom is -0.489 e. The Morgan fingerprint density at radius 1 is 1.14 bits per heavy atom. The molecule has 1 heterocycles. The van der Waals surface area contributed by atoms with Gasteiger partial charge in [0.2, 0.25) is 0 Å². The van der Waals surface area contributed by atoms with Crippen molar-refractivity contribution in [1.82, 2.24) is 0 Å². The van der Waals surface area contributed by atoms with Crippen molar-refractivity contribution in [3.8, 4) is 17.2 Å². The SMILES string of the molecule is CC(=O)Oc1c(C)c(C)c2c(c1C)CCC(C)(COc1ccc(C=O)cc1)O2. The monoisotopic (exact) mass is 382 g/mol. The van der Waals surface area contributed by atoms with E-state index in [0.717, 1.165) is 47.1 Å². The lowest BCUT2D eigenvalue weighted by Crippen LogP contribution is -2.42. The number of hydrogen-bond acceptors (Lipinski definition) is 5. The molecule has 2 aromatic rings. The van der Waals surface area contributed by atoms with Gasteiger partial charge in [0.15, 0.2) is 0 Å². The minimum atomic E-state index is -0.469. The first kappa shape index (κ1) is 19.9. The fourth-order valence-corrected chi connectivity index (χ4v) is 3.56. The van der Waals surface area contributed by atoms with Crippen LogP contribution in [-0.4, -0.2) is 24.5 Å². The Balaban J connectivity index is 1.82. The topological polar surface area (TPSA) is 61.8 Å². The molecular weight excluding hydrogens is 356 g/mol. The summed E-state index contributed by atoms with van der Waals surface area (Å²) in [4.78, 5) is 22.2. The molecule has 28 heavy (non-hydrogen) atoms. The van der Waals surface area contributed by atoms with E-state index >= 15 is 0 Å². The van der Waals surface area contributed by atoms with Crippen molar-refractivity contribution in [2.75, 3.05) is 6.61 Å². The third-order valence-corrected chi connectivity index (χ3v) is 5.37. The number of carbonyl (C=O) groups excluding carboxylic acids is 2. The Morgan fingerprint density at radius 3 is 2.43 bits per heavy atom. The lowest BCUT2D eigenvalue weighted by atomic mass is 9.87. The van der Waals surface area contributed by atoms with Crippen LogP contribution >= 0.6 is 0 Å². The van der Waals surface area contributed by atoms with Gasteiger partial charge in [0.25, 0.3) is 0 Å². The molecule has 0 aromatic heterocycles. The van der Waals surface area contributed by atoms with E-state index in [1.54, 1.807) is 24.3 Å². The average molecular weight is 382 g/mol. The zero-order chi connectivity index (χ0) is 20.5. The maximum absolute atomic E-state index is 11.5. The molecule has 0 amide bonds. The molecule has 0 saturated carbocycles. The molecule has 5 nitrogen and oxygen atoms in total. The molecule has 1 unspecified atom stereocenters. The molecule has 0 fully saturated rings. The van der Waals surface area contributed by atoms with Gasteiger partial charge in [0.1, 0.15) is 35.7 Å². The van der Waals surface area contributed by atoms with E-state index in [4.69, 9.17) is 14.2 Å². The number of fused-ring (bicyclic) bond motifs is 1. The molecule has 1 atom stereocenters. The van der Waals surface area contributed by atoms with Crippen molar-refractivity contribution >= 4 is 12.3 Å². The van der Waals surface area contributed by atoms with E-state index in [1.807, 2.05) is 27.7 Å². The Bertz CT molecular complexity index is 914. The first-order valence-electron chi connectivity index (χ1n) is 9.42. The fourth-order valence-electron chi connectivity index (χ4n) is 3.56. The molecule has 0 saturated heterocycles. The van der Waals surface area contributed by atoms with Crippen LogP contribution in [0.1, 0.15) is 52.9 Å². The quantitative estimate of drug-likeness (QED) is 0.432. The van der Waals surface area contributed by atoms with Gasteiger partial charge in [-0.3, -0.25) is 9.59 Å². The van der Waals surface area contributed by atoms with Gasteiger partial charge in [-0.15, -0.1) is 0 Å². The number of hydrogen-bond donors (Lipinski definition) is 0. The molecule has 0 spiro atoms. The van der Waals surface area contributed by atoms with E-state index in [0.29, 0.717) is 23.7 Å². The van der Waals surface area contributed by atoms with Crippen LogP contribution in [0, 0.1) is 20.8 Å². The number of benzene rings is 2. The smallest absolute Gasteiger partial charge is 0.308 e. The summed E-state index contributed by atoms with van der Waals surface area (Å²) in [6.07, 6.45) is 2.42. The van der Waals surface area contributed by atoms with Gasteiger partial charge in [-0.25, -0.2) is 0 Å². The zero-order valence-electron chi connectivity index (χ0n) is 17.0. The van der Waals surface area contributed by atoms with E-state index in [1.165, 1.54) is 6.92 Å². The number of aldehydes is 1. The molecule has 5 heteroatoms. The first-order chi connectivity index (χ1) is 13.2.